The molecule has 0 bridgehead atoms. The quantitative estimate of drug-likeness (QED) is 0.925. The van der Waals surface area contributed by atoms with E-state index in [2.05, 4.69) is 28.2 Å². The van der Waals surface area contributed by atoms with Gasteiger partial charge < -0.3 is 9.73 Å². The number of benzene rings is 1. The number of carbonyl (C=O) groups excluding carboxylic acids is 1. The summed E-state index contributed by atoms with van der Waals surface area (Å²) in [6, 6.07) is 9.33. The predicted octanol–water partition coefficient (Wildman–Crippen LogP) is 4.17. The molecule has 1 amide bonds. The average Bonchev–Trinajstić information content (AvgIpc) is 2.78. The molecule has 0 atom stereocenters. The van der Waals surface area contributed by atoms with Crippen molar-refractivity contribution in [2.75, 3.05) is 5.32 Å². The molecular formula is C14H14BrNO2. The molecule has 1 aromatic heterocycles. The highest BCUT2D eigenvalue weighted by Crippen LogP contribution is 2.22. The fourth-order valence-electron chi connectivity index (χ4n) is 1.81. The summed E-state index contributed by atoms with van der Waals surface area (Å²) < 4.78 is 5.78. The maximum Gasteiger partial charge on any atom is 0.291 e. The molecule has 2 aromatic rings. The standard InChI is InChI=1S/C14H14BrNO2/c1-3-10-6-4-5-9(2)13(10)16-14(17)11-7-8-12(15)18-11/h4-8H,3H2,1-2H3,(H,16,17). The third-order valence-electron chi connectivity index (χ3n) is 2.78. The Labute approximate surface area is 114 Å². The van der Waals surface area contributed by atoms with Crippen LogP contribution in [0.3, 0.4) is 0 Å². The Morgan fingerprint density at radius 2 is 2.11 bits per heavy atom. The van der Waals surface area contributed by atoms with Gasteiger partial charge in [-0.25, -0.2) is 0 Å². The summed E-state index contributed by atoms with van der Waals surface area (Å²) in [7, 11) is 0. The third kappa shape index (κ3) is 2.64. The molecule has 1 aromatic carbocycles. The average molecular weight is 308 g/mol. The maximum atomic E-state index is 12.0. The molecule has 18 heavy (non-hydrogen) atoms. The monoisotopic (exact) mass is 307 g/mol. The van der Waals surface area contributed by atoms with Crippen molar-refractivity contribution in [2.24, 2.45) is 0 Å². The number of halogens is 1. The zero-order chi connectivity index (χ0) is 13.1. The first kappa shape index (κ1) is 12.9. The van der Waals surface area contributed by atoms with Crippen LogP contribution in [0.4, 0.5) is 5.69 Å². The van der Waals surface area contributed by atoms with Crippen LogP contribution in [0, 0.1) is 6.92 Å². The van der Waals surface area contributed by atoms with Gasteiger partial charge in [-0.1, -0.05) is 25.1 Å². The summed E-state index contributed by atoms with van der Waals surface area (Å²) in [6.45, 7) is 4.04. The Hall–Kier alpha value is -1.55. The maximum absolute atomic E-state index is 12.0. The lowest BCUT2D eigenvalue weighted by Gasteiger charge is -2.11. The van der Waals surface area contributed by atoms with E-state index in [0.29, 0.717) is 10.4 Å². The minimum absolute atomic E-state index is 0.232. The van der Waals surface area contributed by atoms with Crippen molar-refractivity contribution in [3.8, 4) is 0 Å². The van der Waals surface area contributed by atoms with E-state index < -0.39 is 0 Å². The van der Waals surface area contributed by atoms with Crippen LogP contribution in [0.15, 0.2) is 39.4 Å². The van der Waals surface area contributed by atoms with Gasteiger partial charge in [0.15, 0.2) is 10.4 Å². The van der Waals surface area contributed by atoms with Crippen molar-refractivity contribution in [2.45, 2.75) is 20.3 Å². The largest absolute Gasteiger partial charge is 0.444 e. The number of furan rings is 1. The summed E-state index contributed by atoms with van der Waals surface area (Å²) in [5, 5.41) is 2.91. The minimum Gasteiger partial charge on any atom is -0.444 e. The van der Waals surface area contributed by atoms with Crippen LogP contribution < -0.4 is 5.32 Å². The van der Waals surface area contributed by atoms with Crippen LogP contribution in [-0.2, 0) is 6.42 Å². The molecule has 0 spiro atoms. The molecule has 0 aliphatic heterocycles. The molecule has 0 aliphatic carbocycles. The van der Waals surface area contributed by atoms with Gasteiger partial charge in [0.2, 0.25) is 0 Å². The van der Waals surface area contributed by atoms with Gasteiger partial charge in [0.05, 0.1) is 0 Å². The molecular weight excluding hydrogens is 294 g/mol. The molecule has 1 heterocycles. The lowest BCUT2D eigenvalue weighted by molar-refractivity contribution is 0.0995. The fourth-order valence-corrected chi connectivity index (χ4v) is 2.12. The number of aryl methyl sites for hydroxylation is 2. The van der Waals surface area contributed by atoms with E-state index in [1.807, 2.05) is 25.1 Å². The van der Waals surface area contributed by atoms with Gasteiger partial charge in [-0.3, -0.25) is 4.79 Å². The summed E-state index contributed by atoms with van der Waals surface area (Å²) >= 11 is 3.18. The zero-order valence-electron chi connectivity index (χ0n) is 10.3. The summed E-state index contributed by atoms with van der Waals surface area (Å²) in [5.41, 5.74) is 3.04. The van der Waals surface area contributed by atoms with E-state index in [1.54, 1.807) is 12.1 Å². The van der Waals surface area contributed by atoms with Crippen molar-refractivity contribution >= 4 is 27.5 Å². The molecule has 4 heteroatoms. The van der Waals surface area contributed by atoms with Gasteiger partial charge in [0.1, 0.15) is 0 Å². The van der Waals surface area contributed by atoms with Crippen LogP contribution >= 0.6 is 15.9 Å². The van der Waals surface area contributed by atoms with E-state index in [9.17, 15) is 4.79 Å². The topological polar surface area (TPSA) is 42.2 Å². The lowest BCUT2D eigenvalue weighted by Crippen LogP contribution is -2.13. The molecule has 94 valence electrons. The molecule has 0 saturated heterocycles. The number of hydrogen-bond acceptors (Lipinski definition) is 2. The van der Waals surface area contributed by atoms with E-state index in [4.69, 9.17) is 4.42 Å². The van der Waals surface area contributed by atoms with Crippen LogP contribution in [0.2, 0.25) is 0 Å². The smallest absolute Gasteiger partial charge is 0.291 e. The SMILES string of the molecule is CCc1cccc(C)c1NC(=O)c1ccc(Br)o1. The van der Waals surface area contributed by atoms with Crippen molar-refractivity contribution in [1.82, 2.24) is 0 Å². The first-order valence-electron chi connectivity index (χ1n) is 5.77. The molecule has 3 nitrogen and oxygen atoms in total. The first-order chi connectivity index (χ1) is 8.61. The number of anilines is 1. The Morgan fingerprint density at radius 3 is 2.72 bits per heavy atom. The number of rotatable bonds is 3. The van der Waals surface area contributed by atoms with Gasteiger partial charge in [-0.15, -0.1) is 0 Å². The van der Waals surface area contributed by atoms with E-state index in [0.717, 1.165) is 23.2 Å². The van der Waals surface area contributed by atoms with Crippen molar-refractivity contribution in [1.29, 1.82) is 0 Å². The summed E-state index contributed by atoms with van der Waals surface area (Å²) in [5.74, 6) is 0.0666. The summed E-state index contributed by atoms with van der Waals surface area (Å²) in [6.07, 6.45) is 0.874. The van der Waals surface area contributed by atoms with Crippen molar-refractivity contribution < 1.29 is 9.21 Å². The van der Waals surface area contributed by atoms with E-state index in [1.165, 1.54) is 0 Å². The Kier molecular flexibility index (Phi) is 3.87. The fraction of sp³-hybridized carbons (Fsp3) is 0.214. The minimum atomic E-state index is -0.232. The van der Waals surface area contributed by atoms with E-state index >= 15 is 0 Å². The molecule has 0 saturated carbocycles. The van der Waals surface area contributed by atoms with Crippen molar-refractivity contribution in [3.63, 3.8) is 0 Å². The number of carbonyl (C=O) groups is 1. The highest BCUT2D eigenvalue weighted by atomic mass is 79.9. The van der Waals surface area contributed by atoms with Gasteiger partial charge in [-0.05, 0) is 52.5 Å². The van der Waals surface area contributed by atoms with Crippen LogP contribution in [0.25, 0.3) is 0 Å². The first-order valence-corrected chi connectivity index (χ1v) is 6.56. The van der Waals surface area contributed by atoms with Crippen LogP contribution in [-0.4, -0.2) is 5.91 Å². The molecule has 1 N–H and O–H groups in total. The number of nitrogens with one attached hydrogen (secondary N) is 1. The molecule has 0 unspecified atom stereocenters. The highest BCUT2D eigenvalue weighted by Gasteiger charge is 2.13. The number of para-hydroxylation sites is 1. The van der Waals surface area contributed by atoms with E-state index in [-0.39, 0.29) is 5.91 Å². The highest BCUT2D eigenvalue weighted by molar-refractivity contribution is 9.10. The third-order valence-corrected chi connectivity index (χ3v) is 3.20. The lowest BCUT2D eigenvalue weighted by atomic mass is 10.1. The number of amides is 1. The predicted molar refractivity (Wildman–Crippen MR) is 74.9 cm³/mol. The van der Waals surface area contributed by atoms with Crippen LogP contribution in [0.5, 0.6) is 0 Å². The summed E-state index contributed by atoms with van der Waals surface area (Å²) in [4.78, 5) is 12.0. The molecule has 0 aliphatic rings. The Morgan fingerprint density at radius 1 is 1.33 bits per heavy atom. The second-order valence-corrected chi connectivity index (χ2v) is 4.80. The van der Waals surface area contributed by atoms with Gasteiger partial charge in [-0.2, -0.15) is 0 Å². The second-order valence-electron chi connectivity index (χ2n) is 4.02. The molecule has 2 rings (SSSR count). The number of hydrogen-bond donors (Lipinski definition) is 1. The molecule has 0 fully saturated rings. The second kappa shape index (κ2) is 5.40. The Bertz CT molecular complexity index is 575. The normalized spacial score (nSPS) is 10.4. The van der Waals surface area contributed by atoms with Gasteiger partial charge >= 0.3 is 0 Å². The van der Waals surface area contributed by atoms with Gasteiger partial charge in [0.25, 0.3) is 5.91 Å². The van der Waals surface area contributed by atoms with Gasteiger partial charge in [0, 0.05) is 5.69 Å². The molecule has 0 radical (unpaired) electrons. The van der Waals surface area contributed by atoms with Crippen molar-refractivity contribution in [3.05, 3.63) is 51.9 Å². The zero-order valence-corrected chi connectivity index (χ0v) is 11.9. The van der Waals surface area contributed by atoms with Crippen LogP contribution in [0.1, 0.15) is 28.6 Å². The Balaban J connectivity index is 2.26.